The number of β-amino-alcohol motifs (C(OH)–C–C–N with tert-alkyl or cyclic N) is 1. The van der Waals surface area contributed by atoms with Crippen molar-refractivity contribution in [2.45, 2.75) is 25.7 Å². The molecule has 152 valence electrons. The molecule has 0 bridgehead atoms. The highest BCUT2D eigenvalue weighted by atomic mass is 32.2. The van der Waals surface area contributed by atoms with Gasteiger partial charge in [-0.25, -0.2) is 8.42 Å². The van der Waals surface area contributed by atoms with Crippen molar-refractivity contribution in [2.24, 2.45) is 0 Å². The van der Waals surface area contributed by atoms with E-state index in [1.807, 2.05) is 20.8 Å². The molecule has 1 aromatic carbocycles. The Kier molecular flexibility index (Phi) is 7.99. The van der Waals surface area contributed by atoms with E-state index in [1.54, 1.807) is 18.2 Å². The lowest BCUT2D eigenvalue weighted by atomic mass is 10.2. The first-order valence-electron chi connectivity index (χ1n) is 9.33. The molecule has 2 N–H and O–H groups in total. The molecular weight excluding hydrogens is 384 g/mol. The zero-order valence-corrected chi connectivity index (χ0v) is 17.9. The lowest BCUT2D eigenvalue weighted by Gasteiger charge is -2.36. The molecule has 1 aliphatic heterocycles. The summed E-state index contributed by atoms with van der Waals surface area (Å²) < 4.78 is 27.0. The zero-order valence-electron chi connectivity index (χ0n) is 16.3. The number of thiocarbonyl (C=S) groups is 1. The fraction of sp³-hybridized carbons (Fsp3) is 0.611. The summed E-state index contributed by atoms with van der Waals surface area (Å²) in [7, 11) is -3.51. The lowest BCUT2D eigenvalue weighted by molar-refractivity contribution is 0.148. The molecule has 1 aromatic rings. The predicted molar refractivity (Wildman–Crippen MR) is 113 cm³/mol. The number of hydrogen-bond donors (Lipinski definition) is 2. The number of nitrogens with one attached hydrogen (secondary N) is 1. The van der Waals surface area contributed by atoms with Gasteiger partial charge in [0, 0.05) is 51.5 Å². The van der Waals surface area contributed by atoms with Crippen LogP contribution in [0.3, 0.4) is 0 Å². The summed E-state index contributed by atoms with van der Waals surface area (Å²) in [5.41, 5.74) is 1.65. The predicted octanol–water partition coefficient (Wildman–Crippen LogP) is 1.33. The van der Waals surface area contributed by atoms with E-state index in [2.05, 4.69) is 15.1 Å². The molecule has 0 unspecified atom stereocenters. The molecule has 7 nitrogen and oxygen atoms in total. The van der Waals surface area contributed by atoms with Gasteiger partial charge in [-0.15, -0.1) is 0 Å². The standard InChI is InChI=1S/C18H30N4O3S2/c1-4-22(5-2)27(24,25)16-7-6-15(3)17(14-16)19-18(26)21-10-8-20(9-11-21)12-13-23/h6-7,14,23H,4-5,8-13H2,1-3H3,(H,19,26). The van der Waals surface area contributed by atoms with E-state index in [-0.39, 0.29) is 11.5 Å². The van der Waals surface area contributed by atoms with Gasteiger partial charge in [0.15, 0.2) is 5.11 Å². The molecule has 0 atom stereocenters. The van der Waals surface area contributed by atoms with E-state index in [1.165, 1.54) is 4.31 Å². The number of aliphatic hydroxyl groups is 1. The van der Waals surface area contributed by atoms with Gasteiger partial charge in [-0.3, -0.25) is 4.90 Å². The fourth-order valence-corrected chi connectivity index (χ4v) is 4.90. The minimum absolute atomic E-state index is 0.162. The van der Waals surface area contributed by atoms with Gasteiger partial charge in [-0.1, -0.05) is 19.9 Å². The molecule has 0 aliphatic carbocycles. The van der Waals surface area contributed by atoms with Crippen molar-refractivity contribution in [2.75, 3.05) is 57.7 Å². The minimum Gasteiger partial charge on any atom is -0.395 e. The molecule has 0 spiro atoms. The summed E-state index contributed by atoms with van der Waals surface area (Å²) in [5, 5.41) is 12.9. The number of rotatable bonds is 7. The van der Waals surface area contributed by atoms with E-state index in [0.717, 1.165) is 31.7 Å². The van der Waals surface area contributed by atoms with Crippen molar-refractivity contribution in [1.82, 2.24) is 14.1 Å². The normalized spacial score (nSPS) is 16.0. The van der Waals surface area contributed by atoms with Crippen LogP contribution in [0, 0.1) is 6.92 Å². The first kappa shape index (κ1) is 22.0. The average molecular weight is 415 g/mol. The molecule has 9 heteroatoms. The lowest BCUT2D eigenvalue weighted by Crippen LogP contribution is -2.50. The molecule has 0 amide bonds. The number of aliphatic hydroxyl groups excluding tert-OH is 1. The van der Waals surface area contributed by atoms with E-state index < -0.39 is 10.0 Å². The average Bonchev–Trinajstić information content (AvgIpc) is 2.65. The third kappa shape index (κ3) is 5.39. The van der Waals surface area contributed by atoms with Crippen LogP contribution in [0.2, 0.25) is 0 Å². The number of hydrogen-bond acceptors (Lipinski definition) is 5. The van der Waals surface area contributed by atoms with Gasteiger partial charge in [0.1, 0.15) is 0 Å². The molecule has 1 fully saturated rings. The highest BCUT2D eigenvalue weighted by Crippen LogP contribution is 2.23. The number of nitrogens with zero attached hydrogens (tertiary/aromatic N) is 3. The highest BCUT2D eigenvalue weighted by Gasteiger charge is 2.23. The number of piperazine rings is 1. The third-order valence-electron chi connectivity index (χ3n) is 4.87. The quantitative estimate of drug-likeness (QED) is 0.652. The smallest absolute Gasteiger partial charge is 0.243 e. The number of anilines is 1. The molecule has 0 aromatic heterocycles. The van der Waals surface area contributed by atoms with Gasteiger partial charge in [0.05, 0.1) is 11.5 Å². The van der Waals surface area contributed by atoms with Gasteiger partial charge in [0.25, 0.3) is 0 Å². The van der Waals surface area contributed by atoms with Crippen LogP contribution in [0.5, 0.6) is 0 Å². The van der Waals surface area contributed by atoms with Crippen LogP contribution in [0.15, 0.2) is 23.1 Å². The number of aryl methyl sites for hydroxylation is 1. The van der Waals surface area contributed by atoms with Crippen LogP contribution >= 0.6 is 12.2 Å². The van der Waals surface area contributed by atoms with E-state index >= 15 is 0 Å². The first-order chi connectivity index (χ1) is 12.8. The summed E-state index contributed by atoms with van der Waals surface area (Å²) >= 11 is 5.54. The number of benzene rings is 1. The molecule has 0 saturated carbocycles. The van der Waals surface area contributed by atoms with Gasteiger partial charge in [-0.2, -0.15) is 4.31 Å². The van der Waals surface area contributed by atoms with Crippen molar-refractivity contribution in [3.8, 4) is 0 Å². The Labute approximate surface area is 168 Å². The van der Waals surface area contributed by atoms with Gasteiger partial charge >= 0.3 is 0 Å². The van der Waals surface area contributed by atoms with Crippen LogP contribution < -0.4 is 5.32 Å². The molecule has 0 radical (unpaired) electrons. The van der Waals surface area contributed by atoms with Gasteiger partial charge < -0.3 is 15.3 Å². The topological polar surface area (TPSA) is 76.1 Å². The second-order valence-electron chi connectivity index (χ2n) is 6.55. The van der Waals surface area contributed by atoms with Crippen LogP contribution in [-0.4, -0.2) is 85.2 Å². The van der Waals surface area contributed by atoms with Crippen molar-refractivity contribution >= 4 is 33.0 Å². The van der Waals surface area contributed by atoms with Gasteiger partial charge in [-0.05, 0) is 36.8 Å². The van der Waals surface area contributed by atoms with Crippen LogP contribution in [0.1, 0.15) is 19.4 Å². The third-order valence-corrected chi connectivity index (χ3v) is 7.28. The molecule has 27 heavy (non-hydrogen) atoms. The SMILES string of the molecule is CCN(CC)S(=O)(=O)c1ccc(C)c(NC(=S)N2CCN(CCO)CC2)c1. The number of sulfonamides is 1. The van der Waals surface area contributed by atoms with Crippen molar-refractivity contribution in [1.29, 1.82) is 0 Å². The molecule has 1 aliphatic rings. The summed E-state index contributed by atoms with van der Waals surface area (Å²) in [6, 6.07) is 5.11. The summed E-state index contributed by atoms with van der Waals surface area (Å²) in [6.45, 7) is 10.6. The highest BCUT2D eigenvalue weighted by molar-refractivity contribution is 7.89. The molecule has 1 heterocycles. The van der Waals surface area contributed by atoms with Gasteiger partial charge in [0.2, 0.25) is 10.0 Å². The Morgan fingerprint density at radius 1 is 1.22 bits per heavy atom. The maximum absolute atomic E-state index is 12.8. The van der Waals surface area contributed by atoms with Crippen LogP contribution in [0.4, 0.5) is 5.69 Å². The molecule has 1 saturated heterocycles. The van der Waals surface area contributed by atoms with E-state index in [9.17, 15) is 8.42 Å². The Bertz CT molecular complexity index is 743. The second-order valence-corrected chi connectivity index (χ2v) is 8.87. The molecule has 2 rings (SSSR count). The molecular formula is C18H30N4O3S2. The Morgan fingerprint density at radius 2 is 1.85 bits per heavy atom. The summed E-state index contributed by atoms with van der Waals surface area (Å²) in [4.78, 5) is 4.55. The van der Waals surface area contributed by atoms with Crippen LogP contribution in [-0.2, 0) is 10.0 Å². The van der Waals surface area contributed by atoms with E-state index in [0.29, 0.717) is 30.4 Å². The van der Waals surface area contributed by atoms with Crippen LogP contribution in [0.25, 0.3) is 0 Å². The maximum Gasteiger partial charge on any atom is 0.243 e. The summed E-state index contributed by atoms with van der Waals surface area (Å²) in [5.74, 6) is 0. The Hall–Kier alpha value is -1.26. The van der Waals surface area contributed by atoms with Crippen molar-refractivity contribution in [3.63, 3.8) is 0 Å². The minimum atomic E-state index is -3.51. The van der Waals surface area contributed by atoms with Crippen molar-refractivity contribution < 1.29 is 13.5 Å². The first-order valence-corrected chi connectivity index (χ1v) is 11.2. The zero-order chi connectivity index (χ0) is 20.0. The van der Waals surface area contributed by atoms with Crippen molar-refractivity contribution in [3.05, 3.63) is 23.8 Å². The second kappa shape index (κ2) is 9.79. The summed E-state index contributed by atoms with van der Waals surface area (Å²) in [6.07, 6.45) is 0. The van der Waals surface area contributed by atoms with E-state index in [4.69, 9.17) is 17.3 Å². The fourth-order valence-electron chi connectivity index (χ4n) is 3.12. The largest absolute Gasteiger partial charge is 0.395 e. The maximum atomic E-state index is 12.8. The Balaban J connectivity index is 2.12. The monoisotopic (exact) mass is 414 g/mol. The Morgan fingerprint density at radius 3 is 2.41 bits per heavy atom.